The van der Waals surface area contributed by atoms with Gasteiger partial charge in [-0.2, -0.15) is 0 Å². The Kier molecular flexibility index (Phi) is 4.86. The number of anilines is 1. The summed E-state index contributed by atoms with van der Waals surface area (Å²) in [5.41, 5.74) is 2.09. The molecule has 1 unspecified atom stereocenters. The number of hydrogen-bond donors (Lipinski definition) is 2. The van der Waals surface area contributed by atoms with E-state index in [1.807, 2.05) is 11.8 Å². The average molecular weight is 304 g/mol. The molecule has 2 N–H and O–H groups in total. The van der Waals surface area contributed by atoms with Crippen molar-refractivity contribution in [1.29, 1.82) is 0 Å². The van der Waals surface area contributed by atoms with Gasteiger partial charge in [0.25, 0.3) is 0 Å². The van der Waals surface area contributed by atoms with Crippen LogP contribution in [0.1, 0.15) is 50.6 Å². The molecule has 1 fully saturated rings. The van der Waals surface area contributed by atoms with Crippen molar-refractivity contribution < 1.29 is 4.79 Å². The summed E-state index contributed by atoms with van der Waals surface area (Å²) in [4.78, 5) is 13.3. The molecule has 1 heterocycles. The van der Waals surface area contributed by atoms with E-state index in [-0.39, 0.29) is 11.9 Å². The van der Waals surface area contributed by atoms with Gasteiger partial charge in [0.2, 0.25) is 5.91 Å². The van der Waals surface area contributed by atoms with E-state index in [4.69, 9.17) is 0 Å². The summed E-state index contributed by atoms with van der Waals surface area (Å²) in [6.45, 7) is 2.99. The first kappa shape index (κ1) is 14.9. The van der Waals surface area contributed by atoms with Gasteiger partial charge in [-0.1, -0.05) is 25.8 Å². The Morgan fingerprint density at radius 3 is 2.90 bits per heavy atom. The molecule has 1 aromatic rings. The highest BCUT2D eigenvalue weighted by molar-refractivity contribution is 7.99. The lowest BCUT2D eigenvalue weighted by Gasteiger charge is -2.11. The van der Waals surface area contributed by atoms with Crippen molar-refractivity contribution in [2.75, 3.05) is 17.6 Å². The molecular formula is C17H24N2OS. The second-order valence-electron chi connectivity index (χ2n) is 6.09. The van der Waals surface area contributed by atoms with Crippen molar-refractivity contribution in [2.45, 2.75) is 50.0 Å². The fraction of sp³-hybridized carbons (Fsp3) is 0.588. The van der Waals surface area contributed by atoms with E-state index in [0.29, 0.717) is 0 Å². The van der Waals surface area contributed by atoms with Crippen LogP contribution in [0, 0.1) is 5.92 Å². The van der Waals surface area contributed by atoms with Gasteiger partial charge in [0.15, 0.2) is 0 Å². The molecule has 4 heteroatoms. The Balaban J connectivity index is 1.64. The fourth-order valence-electron chi connectivity index (χ4n) is 3.21. The van der Waals surface area contributed by atoms with Crippen LogP contribution >= 0.6 is 11.8 Å². The Morgan fingerprint density at radius 1 is 1.33 bits per heavy atom. The van der Waals surface area contributed by atoms with Crippen LogP contribution in [0.15, 0.2) is 23.1 Å². The van der Waals surface area contributed by atoms with Gasteiger partial charge in [0.1, 0.15) is 6.04 Å². The smallest absolute Gasteiger partial charge is 0.246 e. The zero-order valence-electron chi connectivity index (χ0n) is 12.7. The maximum atomic E-state index is 12.0. The van der Waals surface area contributed by atoms with E-state index in [1.165, 1.54) is 36.3 Å². The average Bonchev–Trinajstić information content (AvgIpc) is 3.10. The molecule has 1 amide bonds. The number of benzene rings is 1. The highest BCUT2D eigenvalue weighted by Crippen LogP contribution is 2.36. The van der Waals surface area contributed by atoms with Gasteiger partial charge < -0.3 is 10.6 Å². The minimum Gasteiger partial charge on any atom is -0.324 e. The molecule has 0 bridgehead atoms. The van der Waals surface area contributed by atoms with Gasteiger partial charge >= 0.3 is 0 Å². The standard InChI is InChI=1S/C17H24N2OS/c1-2-9-18-16-14-8-7-13(10-15(14)19-17(16)20)21-11-12-5-3-4-6-12/h7-8,10,12,16,18H,2-6,9,11H2,1H3,(H,19,20). The molecule has 2 aliphatic rings. The molecule has 21 heavy (non-hydrogen) atoms. The zero-order chi connectivity index (χ0) is 14.7. The molecule has 0 saturated heterocycles. The molecule has 0 aromatic heterocycles. The van der Waals surface area contributed by atoms with Gasteiger partial charge in [-0.3, -0.25) is 4.79 Å². The summed E-state index contributed by atoms with van der Waals surface area (Å²) in [6.07, 6.45) is 6.61. The summed E-state index contributed by atoms with van der Waals surface area (Å²) >= 11 is 1.93. The van der Waals surface area contributed by atoms with Crippen LogP contribution in [0.3, 0.4) is 0 Å². The maximum Gasteiger partial charge on any atom is 0.246 e. The molecule has 1 saturated carbocycles. The number of thioether (sulfide) groups is 1. The molecule has 1 atom stereocenters. The zero-order valence-corrected chi connectivity index (χ0v) is 13.5. The van der Waals surface area contributed by atoms with Crippen LogP contribution in [0.25, 0.3) is 0 Å². The monoisotopic (exact) mass is 304 g/mol. The van der Waals surface area contributed by atoms with Crippen molar-refractivity contribution >= 4 is 23.4 Å². The number of carbonyl (C=O) groups excluding carboxylic acids is 1. The Morgan fingerprint density at radius 2 is 2.14 bits per heavy atom. The van der Waals surface area contributed by atoms with E-state index in [1.54, 1.807) is 0 Å². The predicted octanol–water partition coefficient (Wildman–Crippen LogP) is 3.96. The van der Waals surface area contributed by atoms with Crippen LogP contribution in [-0.4, -0.2) is 18.2 Å². The molecule has 3 rings (SSSR count). The number of fused-ring (bicyclic) bond motifs is 1. The number of rotatable bonds is 6. The summed E-state index contributed by atoms with van der Waals surface area (Å²) < 4.78 is 0. The minimum absolute atomic E-state index is 0.0800. The lowest BCUT2D eigenvalue weighted by atomic mass is 10.1. The van der Waals surface area contributed by atoms with Crippen molar-refractivity contribution in [3.63, 3.8) is 0 Å². The highest BCUT2D eigenvalue weighted by Gasteiger charge is 2.29. The molecule has 1 aliphatic heterocycles. The van der Waals surface area contributed by atoms with Crippen LogP contribution < -0.4 is 10.6 Å². The van der Waals surface area contributed by atoms with Crippen molar-refractivity contribution in [3.05, 3.63) is 23.8 Å². The van der Waals surface area contributed by atoms with Gasteiger partial charge in [0.05, 0.1) is 0 Å². The Labute approximate surface area is 131 Å². The quantitative estimate of drug-likeness (QED) is 0.782. The van der Waals surface area contributed by atoms with Crippen LogP contribution in [0.5, 0.6) is 0 Å². The third kappa shape index (κ3) is 3.43. The van der Waals surface area contributed by atoms with Crippen LogP contribution in [-0.2, 0) is 4.79 Å². The molecule has 0 spiro atoms. The number of carbonyl (C=O) groups is 1. The van der Waals surface area contributed by atoms with E-state index in [2.05, 4.69) is 35.8 Å². The van der Waals surface area contributed by atoms with E-state index in [0.717, 1.165) is 30.1 Å². The molecular weight excluding hydrogens is 280 g/mol. The summed E-state index contributed by atoms with van der Waals surface area (Å²) in [7, 11) is 0. The van der Waals surface area contributed by atoms with Gasteiger partial charge in [-0.05, 0) is 43.9 Å². The van der Waals surface area contributed by atoms with Crippen molar-refractivity contribution in [2.24, 2.45) is 5.92 Å². The SMILES string of the molecule is CCCNC1C(=O)Nc2cc(SCC3CCCC3)ccc21. The largest absolute Gasteiger partial charge is 0.324 e. The summed E-state index contributed by atoms with van der Waals surface area (Å²) in [5.74, 6) is 2.18. The van der Waals surface area contributed by atoms with E-state index < -0.39 is 0 Å². The molecule has 1 aliphatic carbocycles. The van der Waals surface area contributed by atoms with Gasteiger partial charge in [0, 0.05) is 21.9 Å². The number of nitrogens with one attached hydrogen (secondary N) is 2. The third-order valence-electron chi connectivity index (χ3n) is 4.41. The first-order chi connectivity index (χ1) is 10.3. The van der Waals surface area contributed by atoms with Crippen LogP contribution in [0.4, 0.5) is 5.69 Å². The summed E-state index contributed by atoms with van der Waals surface area (Å²) in [5, 5.41) is 6.32. The molecule has 114 valence electrons. The molecule has 3 nitrogen and oxygen atoms in total. The lowest BCUT2D eigenvalue weighted by molar-refractivity contribution is -0.117. The Hall–Kier alpha value is -1.00. The minimum atomic E-state index is -0.172. The molecule has 0 radical (unpaired) electrons. The highest BCUT2D eigenvalue weighted by atomic mass is 32.2. The number of amides is 1. The van der Waals surface area contributed by atoms with E-state index >= 15 is 0 Å². The maximum absolute atomic E-state index is 12.0. The predicted molar refractivity (Wildman–Crippen MR) is 88.8 cm³/mol. The summed E-state index contributed by atoms with van der Waals surface area (Å²) in [6, 6.07) is 6.24. The first-order valence-electron chi connectivity index (χ1n) is 8.09. The number of hydrogen-bond acceptors (Lipinski definition) is 3. The first-order valence-corrected chi connectivity index (χ1v) is 9.07. The van der Waals surface area contributed by atoms with Gasteiger partial charge in [-0.15, -0.1) is 11.8 Å². The third-order valence-corrected chi connectivity index (χ3v) is 5.64. The van der Waals surface area contributed by atoms with Crippen molar-refractivity contribution in [1.82, 2.24) is 5.32 Å². The fourth-order valence-corrected chi connectivity index (χ4v) is 4.34. The molecule has 1 aromatic carbocycles. The topological polar surface area (TPSA) is 41.1 Å². The second-order valence-corrected chi connectivity index (χ2v) is 7.18. The second kappa shape index (κ2) is 6.84. The van der Waals surface area contributed by atoms with Crippen LogP contribution in [0.2, 0.25) is 0 Å². The van der Waals surface area contributed by atoms with Crippen molar-refractivity contribution in [3.8, 4) is 0 Å². The van der Waals surface area contributed by atoms with E-state index in [9.17, 15) is 4.79 Å². The van der Waals surface area contributed by atoms with Gasteiger partial charge in [-0.25, -0.2) is 0 Å². The Bertz CT molecular complexity index is 512. The normalized spacial score (nSPS) is 21.6. The lowest BCUT2D eigenvalue weighted by Crippen LogP contribution is -2.27.